The zero-order chi connectivity index (χ0) is 15.9. The highest BCUT2D eigenvalue weighted by atomic mass is 16.5. The highest BCUT2D eigenvalue weighted by molar-refractivity contribution is 5.94. The summed E-state index contributed by atoms with van der Waals surface area (Å²) in [6.45, 7) is 8.81. The molecule has 4 heteroatoms. The summed E-state index contributed by atoms with van der Waals surface area (Å²) in [5.41, 5.74) is 0.652. The van der Waals surface area contributed by atoms with Crippen LogP contribution >= 0.6 is 0 Å². The zero-order valence-electron chi connectivity index (χ0n) is 14.0. The number of carbonyl (C=O) groups is 1. The minimum absolute atomic E-state index is 0.0284. The number of carbonyl (C=O) groups excluding carboxylic acids is 1. The fourth-order valence-electron chi connectivity index (χ4n) is 3.35. The lowest BCUT2D eigenvalue weighted by Gasteiger charge is -2.34. The number of rotatable bonds is 6. The normalized spacial score (nSPS) is 22.3. The number of hydrogen-bond donors (Lipinski definition) is 1. The zero-order valence-corrected chi connectivity index (χ0v) is 14.0. The molecule has 1 aliphatic heterocycles. The van der Waals surface area contributed by atoms with E-state index in [9.17, 15) is 4.79 Å². The van der Waals surface area contributed by atoms with E-state index < -0.39 is 0 Å². The Morgan fingerprint density at radius 1 is 1.32 bits per heavy atom. The largest absolute Gasteiger partial charge is 0.497 e. The van der Waals surface area contributed by atoms with Crippen molar-refractivity contribution in [3.05, 3.63) is 29.8 Å². The summed E-state index contributed by atoms with van der Waals surface area (Å²) in [4.78, 5) is 14.6. The molecule has 0 radical (unpaired) electrons. The molecular formula is C18H28N2O2. The summed E-state index contributed by atoms with van der Waals surface area (Å²) in [6, 6.07) is 7.26. The maximum absolute atomic E-state index is 12.1. The third-order valence-electron chi connectivity index (χ3n) is 4.21. The molecule has 0 aromatic heterocycles. The summed E-state index contributed by atoms with van der Waals surface area (Å²) >= 11 is 0. The van der Waals surface area contributed by atoms with Crippen LogP contribution < -0.4 is 10.1 Å². The molecule has 22 heavy (non-hydrogen) atoms. The van der Waals surface area contributed by atoms with Crippen LogP contribution in [0.5, 0.6) is 5.75 Å². The summed E-state index contributed by atoms with van der Waals surface area (Å²) in [7, 11) is 1.61. The van der Waals surface area contributed by atoms with Crippen molar-refractivity contribution in [2.45, 2.75) is 26.7 Å². The van der Waals surface area contributed by atoms with Gasteiger partial charge in [-0.2, -0.15) is 0 Å². The lowest BCUT2D eigenvalue weighted by atomic mass is 9.92. The number of hydrogen-bond acceptors (Lipinski definition) is 3. The molecule has 0 saturated carbocycles. The van der Waals surface area contributed by atoms with E-state index in [2.05, 4.69) is 24.1 Å². The topological polar surface area (TPSA) is 41.6 Å². The smallest absolute Gasteiger partial charge is 0.251 e. The van der Waals surface area contributed by atoms with Crippen molar-refractivity contribution < 1.29 is 9.53 Å². The molecule has 1 fully saturated rings. The Kier molecular flexibility index (Phi) is 6.25. The van der Waals surface area contributed by atoms with E-state index in [4.69, 9.17) is 4.74 Å². The third kappa shape index (κ3) is 5.02. The van der Waals surface area contributed by atoms with Crippen molar-refractivity contribution in [2.75, 3.05) is 33.3 Å². The SMILES string of the molecule is COc1cccc(C(=O)NCCCN2C[C@H](C)C[C@H](C)C2)c1. The van der Waals surface area contributed by atoms with Gasteiger partial charge in [-0.15, -0.1) is 0 Å². The molecule has 0 bridgehead atoms. The Morgan fingerprint density at radius 3 is 2.73 bits per heavy atom. The molecular weight excluding hydrogens is 276 g/mol. The van der Waals surface area contributed by atoms with Gasteiger partial charge in [0, 0.05) is 25.2 Å². The Hall–Kier alpha value is -1.55. The average Bonchev–Trinajstić information content (AvgIpc) is 2.50. The second-order valence-electron chi connectivity index (χ2n) is 6.55. The number of piperidine rings is 1. The summed E-state index contributed by atoms with van der Waals surface area (Å²) in [5, 5.41) is 2.99. The van der Waals surface area contributed by atoms with Crippen LogP contribution in [0.15, 0.2) is 24.3 Å². The lowest BCUT2D eigenvalue weighted by molar-refractivity contribution is 0.0947. The van der Waals surface area contributed by atoms with Crippen LogP contribution in [-0.4, -0.2) is 44.1 Å². The molecule has 1 aliphatic rings. The summed E-state index contributed by atoms with van der Waals surface area (Å²) in [6.07, 6.45) is 2.33. The van der Waals surface area contributed by atoms with E-state index in [0.29, 0.717) is 11.3 Å². The maximum Gasteiger partial charge on any atom is 0.251 e. The van der Waals surface area contributed by atoms with Gasteiger partial charge in [0.15, 0.2) is 0 Å². The molecule has 1 aromatic carbocycles. The summed E-state index contributed by atoms with van der Waals surface area (Å²) < 4.78 is 5.14. The monoisotopic (exact) mass is 304 g/mol. The lowest BCUT2D eigenvalue weighted by Crippen LogP contribution is -2.40. The molecule has 2 rings (SSSR count). The van der Waals surface area contributed by atoms with Gasteiger partial charge < -0.3 is 15.0 Å². The molecule has 1 amide bonds. The van der Waals surface area contributed by atoms with Gasteiger partial charge in [-0.1, -0.05) is 19.9 Å². The quantitative estimate of drug-likeness (QED) is 0.822. The fraction of sp³-hybridized carbons (Fsp3) is 0.611. The maximum atomic E-state index is 12.1. The molecule has 4 nitrogen and oxygen atoms in total. The van der Waals surface area contributed by atoms with E-state index in [0.717, 1.165) is 31.3 Å². The first kappa shape index (κ1) is 16.8. The number of nitrogens with zero attached hydrogens (tertiary/aromatic N) is 1. The van der Waals surface area contributed by atoms with E-state index in [1.54, 1.807) is 13.2 Å². The van der Waals surface area contributed by atoms with Gasteiger partial charge in [0.25, 0.3) is 5.91 Å². The van der Waals surface area contributed by atoms with E-state index in [-0.39, 0.29) is 5.91 Å². The van der Waals surface area contributed by atoms with E-state index in [1.165, 1.54) is 19.5 Å². The second kappa shape index (κ2) is 8.18. The number of methoxy groups -OCH3 is 1. The summed E-state index contributed by atoms with van der Waals surface area (Å²) in [5.74, 6) is 2.26. The van der Waals surface area contributed by atoms with Crippen LogP contribution in [0.4, 0.5) is 0 Å². The van der Waals surface area contributed by atoms with Crippen molar-refractivity contribution in [2.24, 2.45) is 11.8 Å². The molecule has 0 spiro atoms. The van der Waals surface area contributed by atoms with Gasteiger partial charge in [0.2, 0.25) is 0 Å². The number of likely N-dealkylation sites (tertiary alicyclic amines) is 1. The Labute approximate surface area is 133 Å². The van der Waals surface area contributed by atoms with Gasteiger partial charge in [0.05, 0.1) is 7.11 Å². The standard InChI is InChI=1S/C18H28N2O2/c1-14-10-15(2)13-20(12-14)9-5-8-19-18(21)16-6-4-7-17(11-16)22-3/h4,6-7,11,14-15H,5,8-10,12-13H2,1-3H3,(H,19,21)/t14-,15+. The van der Waals surface area contributed by atoms with Crippen molar-refractivity contribution in [1.29, 1.82) is 0 Å². The number of benzene rings is 1. The number of ether oxygens (including phenoxy) is 1. The number of amides is 1. The molecule has 0 unspecified atom stereocenters. The van der Waals surface area contributed by atoms with Crippen molar-refractivity contribution >= 4 is 5.91 Å². The van der Waals surface area contributed by atoms with Gasteiger partial charge in [0.1, 0.15) is 5.75 Å². The van der Waals surface area contributed by atoms with Crippen molar-refractivity contribution in [3.8, 4) is 5.75 Å². The Balaban J connectivity index is 1.70. The molecule has 1 N–H and O–H groups in total. The fourth-order valence-corrected chi connectivity index (χ4v) is 3.35. The minimum atomic E-state index is -0.0284. The third-order valence-corrected chi connectivity index (χ3v) is 4.21. The van der Waals surface area contributed by atoms with E-state index >= 15 is 0 Å². The molecule has 1 heterocycles. The highest BCUT2D eigenvalue weighted by Gasteiger charge is 2.21. The first-order valence-electron chi connectivity index (χ1n) is 8.23. The molecule has 2 atom stereocenters. The Bertz CT molecular complexity index is 480. The second-order valence-corrected chi connectivity index (χ2v) is 6.55. The number of nitrogens with one attached hydrogen (secondary N) is 1. The van der Waals surface area contributed by atoms with Crippen LogP contribution in [-0.2, 0) is 0 Å². The van der Waals surface area contributed by atoms with Crippen LogP contribution in [0, 0.1) is 11.8 Å². The predicted molar refractivity (Wildman–Crippen MR) is 89.3 cm³/mol. The first-order chi connectivity index (χ1) is 10.6. The van der Waals surface area contributed by atoms with Crippen molar-refractivity contribution in [3.63, 3.8) is 0 Å². The Morgan fingerprint density at radius 2 is 2.05 bits per heavy atom. The van der Waals surface area contributed by atoms with Gasteiger partial charge in [-0.25, -0.2) is 0 Å². The van der Waals surface area contributed by atoms with Crippen LogP contribution in [0.1, 0.15) is 37.0 Å². The van der Waals surface area contributed by atoms with E-state index in [1.807, 2.05) is 18.2 Å². The predicted octanol–water partition coefficient (Wildman–Crippen LogP) is 2.79. The van der Waals surface area contributed by atoms with Crippen molar-refractivity contribution in [1.82, 2.24) is 10.2 Å². The highest BCUT2D eigenvalue weighted by Crippen LogP contribution is 2.20. The minimum Gasteiger partial charge on any atom is -0.497 e. The van der Waals surface area contributed by atoms with Crippen LogP contribution in [0.25, 0.3) is 0 Å². The molecule has 122 valence electrons. The van der Waals surface area contributed by atoms with Crippen LogP contribution in [0.2, 0.25) is 0 Å². The first-order valence-corrected chi connectivity index (χ1v) is 8.23. The van der Waals surface area contributed by atoms with Gasteiger partial charge >= 0.3 is 0 Å². The molecule has 1 saturated heterocycles. The molecule has 1 aromatic rings. The average molecular weight is 304 g/mol. The molecule has 0 aliphatic carbocycles. The van der Waals surface area contributed by atoms with Crippen LogP contribution in [0.3, 0.4) is 0 Å². The van der Waals surface area contributed by atoms with Gasteiger partial charge in [-0.3, -0.25) is 4.79 Å². The van der Waals surface area contributed by atoms with Gasteiger partial charge in [-0.05, 0) is 49.4 Å².